The highest BCUT2D eigenvalue weighted by molar-refractivity contribution is 7.22. The number of aromatic nitrogens is 1. The second-order valence-electron chi connectivity index (χ2n) is 7.28. The molecule has 0 saturated heterocycles. The number of hydrogen-bond acceptors (Lipinski definition) is 6. The van der Waals surface area contributed by atoms with Gasteiger partial charge in [-0.15, -0.1) is 0 Å². The molecule has 1 aliphatic rings. The first-order chi connectivity index (χ1) is 14.5. The van der Waals surface area contributed by atoms with Gasteiger partial charge in [0.05, 0.1) is 15.1 Å². The van der Waals surface area contributed by atoms with Crippen molar-refractivity contribution in [1.29, 1.82) is 0 Å². The first-order valence-corrected chi connectivity index (χ1v) is 10.6. The predicted octanol–water partition coefficient (Wildman–Crippen LogP) is 4.98. The molecule has 8 nitrogen and oxygen atoms in total. The third kappa shape index (κ3) is 4.46. The number of anilines is 2. The minimum atomic E-state index is -0.514. The number of nitro benzene ring substituents is 1. The molecule has 0 aliphatic heterocycles. The summed E-state index contributed by atoms with van der Waals surface area (Å²) < 4.78 is 0.843. The van der Waals surface area contributed by atoms with Crippen LogP contribution >= 0.6 is 11.3 Å². The Kier molecular flexibility index (Phi) is 5.71. The number of benzene rings is 2. The van der Waals surface area contributed by atoms with E-state index in [0.29, 0.717) is 10.7 Å². The number of nitrogens with zero attached hydrogens (tertiary/aromatic N) is 2. The Morgan fingerprint density at radius 3 is 2.47 bits per heavy atom. The molecule has 3 aromatic rings. The quantitative estimate of drug-likeness (QED) is 0.443. The van der Waals surface area contributed by atoms with Gasteiger partial charge >= 0.3 is 0 Å². The Hall–Kier alpha value is -3.33. The first-order valence-electron chi connectivity index (χ1n) is 9.77. The monoisotopic (exact) mass is 424 g/mol. The lowest BCUT2D eigenvalue weighted by Gasteiger charge is -2.20. The van der Waals surface area contributed by atoms with Crippen LogP contribution in [0, 0.1) is 16.0 Å². The lowest BCUT2D eigenvalue weighted by molar-refractivity contribution is -0.384. The van der Waals surface area contributed by atoms with Crippen molar-refractivity contribution in [3.05, 3.63) is 58.1 Å². The third-order valence-corrected chi connectivity index (χ3v) is 6.13. The maximum atomic E-state index is 12.5. The molecule has 30 heavy (non-hydrogen) atoms. The number of nitro groups is 1. The van der Waals surface area contributed by atoms with Crippen LogP contribution in [0.15, 0.2) is 42.5 Å². The van der Waals surface area contributed by atoms with Crippen molar-refractivity contribution in [2.45, 2.75) is 32.1 Å². The van der Waals surface area contributed by atoms with E-state index < -0.39 is 10.8 Å². The van der Waals surface area contributed by atoms with Crippen LogP contribution in [0.5, 0.6) is 0 Å². The van der Waals surface area contributed by atoms with Gasteiger partial charge in [0.2, 0.25) is 5.91 Å². The number of non-ortho nitro benzene ring substituents is 1. The lowest BCUT2D eigenvalue weighted by atomic mass is 9.88. The average molecular weight is 424 g/mol. The molecular formula is C21H20N4O4S. The summed E-state index contributed by atoms with van der Waals surface area (Å²) in [6.45, 7) is 0. The molecule has 1 heterocycles. The molecule has 1 aliphatic carbocycles. The first kappa shape index (κ1) is 20.0. The average Bonchev–Trinajstić information content (AvgIpc) is 3.15. The molecule has 1 aromatic heterocycles. The largest absolute Gasteiger partial charge is 0.326 e. The number of amides is 2. The van der Waals surface area contributed by atoms with E-state index in [1.807, 2.05) is 18.2 Å². The summed E-state index contributed by atoms with van der Waals surface area (Å²) in [4.78, 5) is 39.5. The lowest BCUT2D eigenvalue weighted by Crippen LogP contribution is -2.24. The Morgan fingerprint density at radius 2 is 1.77 bits per heavy atom. The number of thiazole rings is 1. The molecule has 2 N–H and O–H groups in total. The maximum absolute atomic E-state index is 12.5. The zero-order valence-corrected chi connectivity index (χ0v) is 16.9. The number of carbonyl (C=O) groups is 2. The summed E-state index contributed by atoms with van der Waals surface area (Å²) in [6, 6.07) is 10.9. The van der Waals surface area contributed by atoms with Crippen molar-refractivity contribution in [1.82, 2.24) is 4.98 Å². The summed E-state index contributed by atoms with van der Waals surface area (Å²) in [7, 11) is 0. The van der Waals surface area contributed by atoms with Gasteiger partial charge in [0, 0.05) is 29.3 Å². The minimum absolute atomic E-state index is 0.0604. The molecule has 2 amide bonds. The highest BCUT2D eigenvalue weighted by atomic mass is 32.1. The van der Waals surface area contributed by atoms with Gasteiger partial charge in [-0.1, -0.05) is 30.6 Å². The molecule has 0 bridgehead atoms. The summed E-state index contributed by atoms with van der Waals surface area (Å²) in [5, 5.41) is 16.9. The number of carbonyl (C=O) groups excluding carboxylic acids is 2. The molecular weight excluding hydrogens is 404 g/mol. The van der Waals surface area contributed by atoms with E-state index in [0.717, 1.165) is 41.6 Å². The molecule has 4 rings (SSSR count). The molecule has 1 fully saturated rings. The van der Waals surface area contributed by atoms with Gasteiger partial charge in [-0.3, -0.25) is 25.0 Å². The fraction of sp³-hybridized carbons (Fsp3) is 0.286. The number of rotatable bonds is 5. The minimum Gasteiger partial charge on any atom is -0.326 e. The Balaban J connectivity index is 1.44. The molecule has 0 spiro atoms. The number of hydrogen-bond donors (Lipinski definition) is 2. The molecule has 0 radical (unpaired) electrons. The van der Waals surface area contributed by atoms with Gasteiger partial charge in [0.15, 0.2) is 5.13 Å². The maximum Gasteiger partial charge on any atom is 0.269 e. The zero-order valence-electron chi connectivity index (χ0n) is 16.1. The fourth-order valence-electron chi connectivity index (χ4n) is 3.57. The smallest absolute Gasteiger partial charge is 0.269 e. The Bertz CT molecular complexity index is 1100. The van der Waals surface area contributed by atoms with Crippen LogP contribution in [0.1, 0.15) is 42.5 Å². The summed E-state index contributed by atoms with van der Waals surface area (Å²) >= 11 is 1.30. The topological polar surface area (TPSA) is 114 Å². The SMILES string of the molecule is O=C(Nc1nc2ccc(NC(=O)C3CCCCC3)cc2s1)c1ccc([N+](=O)[O-])cc1. The van der Waals surface area contributed by atoms with Gasteiger partial charge in [-0.2, -0.15) is 0 Å². The second-order valence-corrected chi connectivity index (χ2v) is 8.31. The highest BCUT2D eigenvalue weighted by Crippen LogP contribution is 2.30. The van der Waals surface area contributed by atoms with Crippen molar-refractivity contribution in [3.8, 4) is 0 Å². The number of nitrogens with one attached hydrogen (secondary N) is 2. The normalized spacial score (nSPS) is 14.4. The second kappa shape index (κ2) is 8.58. The van der Waals surface area contributed by atoms with Crippen LogP contribution in [-0.2, 0) is 4.79 Å². The summed E-state index contributed by atoms with van der Waals surface area (Å²) in [5.41, 5.74) is 1.67. The predicted molar refractivity (Wildman–Crippen MR) is 116 cm³/mol. The van der Waals surface area contributed by atoms with Gasteiger partial charge in [-0.05, 0) is 43.2 Å². The molecule has 9 heteroatoms. The van der Waals surface area contributed by atoms with Crippen LogP contribution in [0.25, 0.3) is 10.2 Å². The Morgan fingerprint density at radius 1 is 1.03 bits per heavy atom. The highest BCUT2D eigenvalue weighted by Gasteiger charge is 2.21. The molecule has 2 aromatic carbocycles. The van der Waals surface area contributed by atoms with Gasteiger partial charge in [-0.25, -0.2) is 4.98 Å². The van der Waals surface area contributed by atoms with Crippen molar-refractivity contribution in [2.75, 3.05) is 10.6 Å². The van der Waals surface area contributed by atoms with Crippen LogP contribution in [0.3, 0.4) is 0 Å². The van der Waals surface area contributed by atoms with Crippen LogP contribution in [-0.4, -0.2) is 21.7 Å². The van der Waals surface area contributed by atoms with Crippen molar-refractivity contribution < 1.29 is 14.5 Å². The third-order valence-electron chi connectivity index (χ3n) is 5.19. The van der Waals surface area contributed by atoms with E-state index in [4.69, 9.17) is 0 Å². The summed E-state index contributed by atoms with van der Waals surface area (Å²) in [6.07, 6.45) is 5.28. The molecule has 1 saturated carbocycles. The summed E-state index contributed by atoms with van der Waals surface area (Å²) in [5.74, 6) is -0.257. The molecule has 0 unspecified atom stereocenters. The van der Waals surface area contributed by atoms with E-state index >= 15 is 0 Å². The van der Waals surface area contributed by atoms with Crippen molar-refractivity contribution in [3.63, 3.8) is 0 Å². The van der Waals surface area contributed by atoms with Gasteiger partial charge in [0.1, 0.15) is 0 Å². The van der Waals surface area contributed by atoms with Crippen molar-refractivity contribution >= 4 is 49.9 Å². The van der Waals surface area contributed by atoms with Gasteiger partial charge < -0.3 is 5.32 Å². The zero-order chi connectivity index (χ0) is 21.1. The van der Waals surface area contributed by atoms with Crippen molar-refractivity contribution in [2.24, 2.45) is 5.92 Å². The van der Waals surface area contributed by atoms with Crippen LogP contribution in [0.4, 0.5) is 16.5 Å². The fourth-order valence-corrected chi connectivity index (χ4v) is 4.47. The molecule has 154 valence electrons. The van der Waals surface area contributed by atoms with E-state index in [1.54, 1.807) is 0 Å². The van der Waals surface area contributed by atoms with Crippen LogP contribution < -0.4 is 10.6 Å². The molecule has 0 atom stereocenters. The van der Waals surface area contributed by atoms with E-state index in [-0.39, 0.29) is 17.5 Å². The van der Waals surface area contributed by atoms with E-state index in [9.17, 15) is 19.7 Å². The van der Waals surface area contributed by atoms with Crippen LogP contribution in [0.2, 0.25) is 0 Å². The number of fused-ring (bicyclic) bond motifs is 1. The van der Waals surface area contributed by atoms with Gasteiger partial charge in [0.25, 0.3) is 11.6 Å². The van der Waals surface area contributed by atoms with E-state index in [2.05, 4.69) is 15.6 Å². The van der Waals surface area contributed by atoms with E-state index in [1.165, 1.54) is 42.0 Å². The standard InChI is InChI=1S/C21H20N4O4S/c26-19(13-4-2-1-3-5-13)22-15-8-11-17-18(12-15)30-21(23-17)24-20(27)14-6-9-16(10-7-14)25(28)29/h6-13H,1-5H2,(H,22,26)(H,23,24,27). The Labute approximate surface area is 176 Å².